The van der Waals surface area contributed by atoms with Crippen LogP contribution in [0.2, 0.25) is 0 Å². The Bertz CT molecular complexity index is 3120. The molecule has 0 spiro atoms. The summed E-state index contributed by atoms with van der Waals surface area (Å²) >= 11 is 1.88. The van der Waals surface area contributed by atoms with Gasteiger partial charge in [0.2, 0.25) is 0 Å². The fourth-order valence-corrected chi connectivity index (χ4v) is 10.3. The lowest BCUT2D eigenvalue weighted by atomic mass is 9.82. The fourth-order valence-electron chi connectivity index (χ4n) is 9.19. The van der Waals surface area contributed by atoms with Gasteiger partial charge in [0.25, 0.3) is 0 Å². The topological polar surface area (TPSA) is 3.24 Å². The normalized spacial score (nSPS) is 13.1. The predicted octanol–water partition coefficient (Wildman–Crippen LogP) is 15.5. The Kier molecular flexibility index (Phi) is 7.14. The van der Waals surface area contributed by atoms with Gasteiger partial charge in [-0.2, -0.15) is 0 Å². The minimum absolute atomic E-state index is 0.106. The van der Waals surface area contributed by atoms with Crippen LogP contribution in [-0.2, 0) is 5.41 Å². The first-order valence-electron chi connectivity index (χ1n) is 19.1. The number of fused-ring (bicyclic) bond motifs is 9. The van der Waals surface area contributed by atoms with Crippen LogP contribution >= 0.6 is 11.3 Å². The Balaban J connectivity index is 1.10. The average Bonchev–Trinajstić information content (AvgIpc) is 3.73. The standard InChI is InChI=1S/C53H37NS/c1-53(2)47-22-7-5-18-44(47)45-30-29-40(33-48(45)53)54(38-27-24-35(25-28-38)42-20-10-13-34-12-3-4-17-41(34)42)39-16-9-15-37(32-39)43-21-11-14-36-26-31-50-52(51(36)43)46-19-6-8-23-49(46)55-50/h3-33H,1-2H3. The van der Waals surface area contributed by atoms with Crippen molar-refractivity contribution in [2.24, 2.45) is 0 Å². The van der Waals surface area contributed by atoms with Crippen molar-refractivity contribution in [1.29, 1.82) is 0 Å². The van der Waals surface area contributed by atoms with E-state index < -0.39 is 0 Å². The van der Waals surface area contributed by atoms with Gasteiger partial charge in [-0.05, 0) is 115 Å². The summed E-state index contributed by atoms with van der Waals surface area (Å²) in [7, 11) is 0. The van der Waals surface area contributed by atoms with Gasteiger partial charge in [0, 0.05) is 42.6 Å². The van der Waals surface area contributed by atoms with Crippen LogP contribution in [0.5, 0.6) is 0 Å². The second kappa shape index (κ2) is 12.3. The molecule has 0 amide bonds. The molecule has 1 aromatic heterocycles. The lowest BCUT2D eigenvalue weighted by molar-refractivity contribution is 0.660. The molecule has 0 saturated heterocycles. The van der Waals surface area contributed by atoms with Gasteiger partial charge in [-0.15, -0.1) is 11.3 Å². The molecule has 0 aliphatic heterocycles. The van der Waals surface area contributed by atoms with Gasteiger partial charge in [0.1, 0.15) is 0 Å². The van der Waals surface area contributed by atoms with Crippen molar-refractivity contribution < 1.29 is 0 Å². The van der Waals surface area contributed by atoms with Crippen molar-refractivity contribution in [3.05, 3.63) is 199 Å². The number of anilines is 3. The summed E-state index contributed by atoms with van der Waals surface area (Å²) < 4.78 is 2.65. The van der Waals surface area contributed by atoms with Crippen LogP contribution in [0.15, 0.2) is 188 Å². The van der Waals surface area contributed by atoms with Crippen LogP contribution in [0.25, 0.3) is 75.1 Å². The third-order valence-corrected chi connectivity index (χ3v) is 13.0. The van der Waals surface area contributed by atoms with Crippen LogP contribution in [-0.4, -0.2) is 0 Å². The molecule has 1 aliphatic rings. The van der Waals surface area contributed by atoms with E-state index in [1.807, 2.05) is 11.3 Å². The molecule has 1 heterocycles. The number of thiophene rings is 1. The van der Waals surface area contributed by atoms with Gasteiger partial charge in [-0.25, -0.2) is 0 Å². The summed E-state index contributed by atoms with van der Waals surface area (Å²) in [5, 5.41) is 7.78. The molecule has 55 heavy (non-hydrogen) atoms. The van der Waals surface area contributed by atoms with Gasteiger partial charge in [0.05, 0.1) is 0 Å². The smallest absolute Gasteiger partial charge is 0.0467 e. The summed E-state index contributed by atoms with van der Waals surface area (Å²) in [6, 6.07) is 69.6. The highest BCUT2D eigenvalue weighted by molar-refractivity contribution is 7.26. The Morgan fingerprint density at radius 2 is 1.04 bits per heavy atom. The minimum Gasteiger partial charge on any atom is -0.310 e. The van der Waals surface area contributed by atoms with Crippen molar-refractivity contribution in [2.75, 3.05) is 4.90 Å². The zero-order valence-corrected chi connectivity index (χ0v) is 31.6. The molecule has 1 nitrogen and oxygen atoms in total. The van der Waals surface area contributed by atoms with Gasteiger partial charge >= 0.3 is 0 Å². The molecule has 1 aliphatic carbocycles. The maximum Gasteiger partial charge on any atom is 0.0467 e. The number of hydrogen-bond donors (Lipinski definition) is 0. The van der Waals surface area contributed by atoms with Gasteiger partial charge in [-0.1, -0.05) is 153 Å². The molecule has 0 radical (unpaired) electrons. The molecule has 0 N–H and O–H groups in total. The summed E-state index contributed by atoms with van der Waals surface area (Å²) in [5.41, 5.74) is 13.6. The van der Waals surface area contributed by atoms with E-state index in [0.717, 1.165) is 17.1 Å². The first kappa shape index (κ1) is 32.0. The van der Waals surface area contributed by atoms with E-state index in [2.05, 4.69) is 207 Å². The highest BCUT2D eigenvalue weighted by Crippen LogP contribution is 2.51. The van der Waals surface area contributed by atoms with Crippen LogP contribution in [0.3, 0.4) is 0 Å². The van der Waals surface area contributed by atoms with Crippen LogP contribution < -0.4 is 4.90 Å². The zero-order valence-electron chi connectivity index (χ0n) is 30.8. The number of rotatable bonds is 5. The van der Waals surface area contributed by atoms with Crippen molar-refractivity contribution in [2.45, 2.75) is 19.3 Å². The molecule has 10 aromatic rings. The Hall–Kier alpha value is -6.48. The third-order valence-electron chi connectivity index (χ3n) is 11.9. The molecule has 0 unspecified atom stereocenters. The van der Waals surface area contributed by atoms with E-state index in [1.54, 1.807) is 0 Å². The zero-order chi connectivity index (χ0) is 36.7. The summed E-state index contributed by atoms with van der Waals surface area (Å²) in [6.07, 6.45) is 0. The molecule has 0 atom stereocenters. The molecule has 0 fully saturated rings. The predicted molar refractivity (Wildman–Crippen MR) is 237 cm³/mol. The monoisotopic (exact) mass is 719 g/mol. The molecule has 0 saturated carbocycles. The summed E-state index contributed by atoms with van der Waals surface area (Å²) in [6.45, 7) is 4.72. The van der Waals surface area contributed by atoms with E-state index in [9.17, 15) is 0 Å². The molecule has 2 heteroatoms. The largest absolute Gasteiger partial charge is 0.310 e. The molecule has 0 bridgehead atoms. The first-order chi connectivity index (χ1) is 27.0. The first-order valence-corrected chi connectivity index (χ1v) is 19.9. The van der Waals surface area contributed by atoms with Gasteiger partial charge < -0.3 is 4.90 Å². The highest BCUT2D eigenvalue weighted by atomic mass is 32.1. The van der Waals surface area contributed by atoms with Gasteiger partial charge in [-0.3, -0.25) is 0 Å². The molecular formula is C53H37NS. The Morgan fingerprint density at radius 1 is 0.382 bits per heavy atom. The van der Waals surface area contributed by atoms with E-state index in [-0.39, 0.29) is 5.41 Å². The SMILES string of the molecule is CC1(C)c2ccccc2-c2ccc(N(c3ccc(-c4cccc5ccccc45)cc3)c3cccc(-c4cccc5ccc6sc7ccccc7c6c45)c3)cc21. The van der Waals surface area contributed by atoms with Crippen molar-refractivity contribution >= 4 is 70.1 Å². The lowest BCUT2D eigenvalue weighted by Crippen LogP contribution is -2.16. The number of benzene rings is 9. The van der Waals surface area contributed by atoms with Crippen molar-refractivity contribution in [3.63, 3.8) is 0 Å². The second-order valence-electron chi connectivity index (χ2n) is 15.3. The molecule has 260 valence electrons. The summed E-state index contributed by atoms with van der Waals surface area (Å²) in [5.74, 6) is 0. The Morgan fingerprint density at radius 3 is 1.93 bits per heavy atom. The van der Waals surface area contributed by atoms with Gasteiger partial charge in [0.15, 0.2) is 0 Å². The van der Waals surface area contributed by atoms with Crippen molar-refractivity contribution in [1.82, 2.24) is 0 Å². The quantitative estimate of drug-likeness (QED) is 0.171. The number of hydrogen-bond acceptors (Lipinski definition) is 2. The summed E-state index contributed by atoms with van der Waals surface area (Å²) in [4.78, 5) is 2.44. The van der Waals surface area contributed by atoms with E-state index in [0.29, 0.717) is 0 Å². The minimum atomic E-state index is -0.106. The highest BCUT2D eigenvalue weighted by Gasteiger charge is 2.35. The molecule has 11 rings (SSSR count). The lowest BCUT2D eigenvalue weighted by Gasteiger charge is -2.28. The maximum atomic E-state index is 2.44. The van der Waals surface area contributed by atoms with E-state index in [1.165, 1.54) is 86.2 Å². The van der Waals surface area contributed by atoms with Crippen LogP contribution in [0.1, 0.15) is 25.0 Å². The molecular weight excluding hydrogens is 683 g/mol. The second-order valence-corrected chi connectivity index (χ2v) is 16.4. The van der Waals surface area contributed by atoms with Crippen LogP contribution in [0, 0.1) is 0 Å². The van der Waals surface area contributed by atoms with Crippen LogP contribution in [0.4, 0.5) is 17.1 Å². The number of nitrogens with zero attached hydrogens (tertiary/aromatic N) is 1. The van der Waals surface area contributed by atoms with E-state index >= 15 is 0 Å². The van der Waals surface area contributed by atoms with Crippen molar-refractivity contribution in [3.8, 4) is 33.4 Å². The maximum absolute atomic E-state index is 2.44. The van der Waals surface area contributed by atoms with E-state index in [4.69, 9.17) is 0 Å². The third kappa shape index (κ3) is 4.99. The Labute approximate surface area is 325 Å². The average molecular weight is 720 g/mol. The fraction of sp³-hybridized carbons (Fsp3) is 0.0566. The molecule has 9 aromatic carbocycles.